The molecule has 3 rings (SSSR count). The van der Waals surface area contributed by atoms with Crippen LogP contribution in [0.15, 0.2) is 23.2 Å². The van der Waals surface area contributed by atoms with Gasteiger partial charge in [0.2, 0.25) is 5.91 Å². The number of nitrogens with one attached hydrogen (secondary N) is 2. The van der Waals surface area contributed by atoms with E-state index in [9.17, 15) is 9.18 Å². The molecule has 2 N–H and O–H groups in total. The topological polar surface area (TPSA) is 66.0 Å². The van der Waals surface area contributed by atoms with E-state index in [2.05, 4.69) is 15.6 Å². The van der Waals surface area contributed by atoms with Crippen LogP contribution in [0, 0.1) is 11.7 Å². The first-order valence-corrected chi connectivity index (χ1v) is 9.69. The van der Waals surface area contributed by atoms with Crippen LogP contribution in [0.25, 0.3) is 0 Å². The molecule has 1 amide bonds. The molecule has 6 nitrogen and oxygen atoms in total. The SMILES string of the molecule is CN=C(NCc1ccc(OC)c(F)c1)NC1CCN(C(=O)C2CCCC2)C1. The molecule has 1 saturated carbocycles. The van der Waals surface area contributed by atoms with Crippen LogP contribution in [0.3, 0.4) is 0 Å². The second kappa shape index (κ2) is 9.06. The van der Waals surface area contributed by atoms with E-state index < -0.39 is 0 Å². The summed E-state index contributed by atoms with van der Waals surface area (Å²) in [6, 6.07) is 5.08. The number of ether oxygens (including phenoxy) is 1. The number of benzene rings is 1. The summed E-state index contributed by atoms with van der Waals surface area (Å²) in [6.07, 6.45) is 5.34. The Labute approximate surface area is 160 Å². The number of amides is 1. The minimum absolute atomic E-state index is 0.189. The van der Waals surface area contributed by atoms with Crippen molar-refractivity contribution < 1.29 is 13.9 Å². The minimum Gasteiger partial charge on any atom is -0.494 e. The molecule has 1 saturated heterocycles. The van der Waals surface area contributed by atoms with Crippen molar-refractivity contribution in [2.45, 2.75) is 44.7 Å². The summed E-state index contributed by atoms with van der Waals surface area (Å²) < 4.78 is 18.7. The van der Waals surface area contributed by atoms with Gasteiger partial charge in [-0.15, -0.1) is 0 Å². The van der Waals surface area contributed by atoms with Crippen molar-refractivity contribution in [3.05, 3.63) is 29.6 Å². The van der Waals surface area contributed by atoms with Crippen molar-refractivity contribution in [3.63, 3.8) is 0 Å². The number of guanidine groups is 1. The van der Waals surface area contributed by atoms with E-state index >= 15 is 0 Å². The number of nitrogens with zero attached hydrogens (tertiary/aromatic N) is 2. The number of hydrogen-bond acceptors (Lipinski definition) is 3. The van der Waals surface area contributed by atoms with Gasteiger partial charge in [-0.05, 0) is 37.0 Å². The number of halogens is 1. The second-order valence-electron chi connectivity index (χ2n) is 7.29. The van der Waals surface area contributed by atoms with Crippen LogP contribution in [-0.4, -0.2) is 50.1 Å². The van der Waals surface area contributed by atoms with E-state index in [4.69, 9.17) is 4.74 Å². The van der Waals surface area contributed by atoms with Crippen LogP contribution < -0.4 is 15.4 Å². The molecule has 1 aromatic carbocycles. The van der Waals surface area contributed by atoms with E-state index in [-0.39, 0.29) is 23.5 Å². The van der Waals surface area contributed by atoms with Crippen molar-refractivity contribution in [3.8, 4) is 5.75 Å². The minimum atomic E-state index is -0.378. The molecule has 1 aromatic rings. The number of carbonyl (C=O) groups is 1. The molecule has 0 bridgehead atoms. The van der Waals surface area contributed by atoms with Gasteiger partial charge < -0.3 is 20.3 Å². The van der Waals surface area contributed by atoms with Gasteiger partial charge in [-0.1, -0.05) is 18.9 Å². The highest BCUT2D eigenvalue weighted by Gasteiger charge is 2.32. The lowest BCUT2D eigenvalue weighted by molar-refractivity contribution is -0.134. The van der Waals surface area contributed by atoms with Gasteiger partial charge in [-0.2, -0.15) is 0 Å². The third-order valence-electron chi connectivity index (χ3n) is 5.44. The molecule has 7 heteroatoms. The normalized spacial score (nSPS) is 20.8. The van der Waals surface area contributed by atoms with Gasteiger partial charge in [0.15, 0.2) is 17.5 Å². The second-order valence-corrected chi connectivity index (χ2v) is 7.29. The summed E-state index contributed by atoms with van der Waals surface area (Å²) in [5.74, 6) is 1.06. The van der Waals surface area contributed by atoms with Crippen LogP contribution in [0.1, 0.15) is 37.7 Å². The van der Waals surface area contributed by atoms with Crippen molar-refractivity contribution in [2.75, 3.05) is 27.2 Å². The summed E-state index contributed by atoms with van der Waals surface area (Å²) in [7, 11) is 3.16. The molecular formula is C20H29FN4O2. The van der Waals surface area contributed by atoms with Crippen LogP contribution in [0.4, 0.5) is 4.39 Å². The smallest absolute Gasteiger partial charge is 0.225 e. The zero-order valence-electron chi connectivity index (χ0n) is 16.1. The third-order valence-corrected chi connectivity index (χ3v) is 5.44. The summed E-state index contributed by atoms with van der Waals surface area (Å²) >= 11 is 0. The average Bonchev–Trinajstić information content (AvgIpc) is 3.36. The molecule has 1 heterocycles. The summed E-state index contributed by atoms with van der Waals surface area (Å²) in [6.45, 7) is 1.97. The van der Waals surface area contributed by atoms with Gasteiger partial charge in [-0.3, -0.25) is 9.79 Å². The quantitative estimate of drug-likeness (QED) is 0.611. The first kappa shape index (κ1) is 19.5. The average molecular weight is 376 g/mol. The molecule has 1 atom stereocenters. The molecule has 0 spiro atoms. The molecule has 2 fully saturated rings. The molecule has 148 valence electrons. The number of carbonyl (C=O) groups excluding carboxylic acids is 1. The zero-order chi connectivity index (χ0) is 19.2. The summed E-state index contributed by atoms with van der Waals surface area (Å²) in [4.78, 5) is 18.8. The third kappa shape index (κ3) is 4.90. The Morgan fingerprint density at radius 3 is 2.78 bits per heavy atom. The Kier molecular flexibility index (Phi) is 6.53. The standard InChI is InChI=1S/C20H29FN4O2/c1-22-20(23-12-14-7-8-18(27-2)17(21)11-14)24-16-9-10-25(13-16)19(26)15-5-3-4-6-15/h7-8,11,15-16H,3-6,9-10,12-13H2,1-2H3,(H2,22,23,24). The van der Waals surface area contributed by atoms with Gasteiger partial charge in [0.1, 0.15) is 0 Å². The van der Waals surface area contributed by atoms with Crippen molar-refractivity contribution >= 4 is 11.9 Å². The van der Waals surface area contributed by atoms with Crippen LogP contribution >= 0.6 is 0 Å². The molecule has 2 aliphatic rings. The maximum absolute atomic E-state index is 13.8. The molecule has 1 aliphatic heterocycles. The maximum Gasteiger partial charge on any atom is 0.225 e. The van der Waals surface area contributed by atoms with Crippen LogP contribution in [-0.2, 0) is 11.3 Å². The van der Waals surface area contributed by atoms with Crippen LogP contribution in [0.2, 0.25) is 0 Å². The molecule has 27 heavy (non-hydrogen) atoms. The van der Waals surface area contributed by atoms with E-state index in [0.717, 1.165) is 31.4 Å². The van der Waals surface area contributed by atoms with Crippen molar-refractivity contribution in [2.24, 2.45) is 10.9 Å². The number of likely N-dealkylation sites (tertiary alicyclic amines) is 1. The highest BCUT2D eigenvalue weighted by atomic mass is 19.1. The zero-order valence-corrected chi connectivity index (χ0v) is 16.1. The highest BCUT2D eigenvalue weighted by Crippen LogP contribution is 2.27. The van der Waals surface area contributed by atoms with E-state index in [1.165, 1.54) is 26.0 Å². The monoisotopic (exact) mass is 376 g/mol. The highest BCUT2D eigenvalue weighted by molar-refractivity contribution is 5.81. The van der Waals surface area contributed by atoms with Gasteiger partial charge >= 0.3 is 0 Å². The van der Waals surface area contributed by atoms with Gasteiger partial charge in [0.05, 0.1) is 7.11 Å². The Morgan fingerprint density at radius 2 is 2.11 bits per heavy atom. The van der Waals surface area contributed by atoms with E-state index in [0.29, 0.717) is 25.0 Å². The van der Waals surface area contributed by atoms with Gasteiger partial charge in [0, 0.05) is 38.6 Å². The molecule has 0 radical (unpaired) electrons. The van der Waals surface area contributed by atoms with Gasteiger partial charge in [-0.25, -0.2) is 4.39 Å². The Bertz CT molecular complexity index is 689. The van der Waals surface area contributed by atoms with Crippen LogP contribution in [0.5, 0.6) is 5.75 Å². The van der Waals surface area contributed by atoms with E-state index in [1.807, 2.05) is 11.0 Å². The maximum atomic E-state index is 13.8. The largest absolute Gasteiger partial charge is 0.494 e. The summed E-state index contributed by atoms with van der Waals surface area (Å²) in [5, 5.41) is 6.58. The van der Waals surface area contributed by atoms with E-state index in [1.54, 1.807) is 13.1 Å². The number of hydrogen-bond donors (Lipinski definition) is 2. The predicted molar refractivity (Wildman–Crippen MR) is 103 cm³/mol. The molecule has 1 aliphatic carbocycles. The fourth-order valence-electron chi connectivity index (χ4n) is 3.90. The fourth-order valence-corrected chi connectivity index (χ4v) is 3.90. The van der Waals surface area contributed by atoms with Crippen molar-refractivity contribution in [1.29, 1.82) is 0 Å². The molecular weight excluding hydrogens is 347 g/mol. The fraction of sp³-hybridized carbons (Fsp3) is 0.600. The lowest BCUT2D eigenvalue weighted by Gasteiger charge is -2.21. The Hall–Kier alpha value is -2.31. The number of rotatable bonds is 5. The first-order chi connectivity index (χ1) is 13.1. The number of aliphatic imine (C=N–C) groups is 1. The van der Waals surface area contributed by atoms with Gasteiger partial charge in [0.25, 0.3) is 0 Å². The Balaban J connectivity index is 1.48. The Morgan fingerprint density at radius 1 is 1.33 bits per heavy atom. The lowest BCUT2D eigenvalue weighted by Crippen LogP contribution is -2.45. The first-order valence-electron chi connectivity index (χ1n) is 9.69. The van der Waals surface area contributed by atoms with Crippen molar-refractivity contribution in [1.82, 2.24) is 15.5 Å². The molecule has 1 unspecified atom stereocenters. The predicted octanol–water partition coefficient (Wildman–Crippen LogP) is 2.29. The lowest BCUT2D eigenvalue weighted by atomic mass is 10.1. The summed E-state index contributed by atoms with van der Waals surface area (Å²) in [5.41, 5.74) is 0.806. The molecule has 0 aromatic heterocycles. The number of methoxy groups -OCH3 is 1.